The van der Waals surface area contributed by atoms with Gasteiger partial charge in [-0.25, -0.2) is 19.9 Å². The van der Waals surface area contributed by atoms with Crippen molar-refractivity contribution in [3.63, 3.8) is 0 Å². The van der Waals surface area contributed by atoms with E-state index in [1.807, 2.05) is 39.0 Å². The highest BCUT2D eigenvalue weighted by Crippen LogP contribution is 2.34. The number of carbonyl (C=O) groups excluding carboxylic acids is 1. The first kappa shape index (κ1) is 29.0. The van der Waals surface area contributed by atoms with E-state index in [-0.39, 0.29) is 17.7 Å². The highest BCUT2D eigenvalue weighted by atomic mass is 16.6. The summed E-state index contributed by atoms with van der Waals surface area (Å²) in [7, 11) is 1.59. The molecule has 0 unspecified atom stereocenters. The van der Waals surface area contributed by atoms with Gasteiger partial charge in [-0.05, 0) is 44.9 Å². The molecule has 4 heterocycles. The van der Waals surface area contributed by atoms with E-state index in [0.29, 0.717) is 78.6 Å². The van der Waals surface area contributed by atoms with Gasteiger partial charge in [0.1, 0.15) is 29.6 Å². The maximum absolute atomic E-state index is 12.8. The Bertz CT molecular complexity index is 1540. The topological polar surface area (TPSA) is 146 Å². The van der Waals surface area contributed by atoms with E-state index in [2.05, 4.69) is 49.6 Å². The van der Waals surface area contributed by atoms with Crippen molar-refractivity contribution in [1.82, 2.24) is 20.1 Å². The number of pyridine rings is 1. The second-order valence-corrected chi connectivity index (χ2v) is 11.7. The summed E-state index contributed by atoms with van der Waals surface area (Å²) in [5.41, 5.74) is 0.677. The van der Waals surface area contributed by atoms with Crippen LogP contribution in [0.4, 0.5) is 27.8 Å². The summed E-state index contributed by atoms with van der Waals surface area (Å²) in [6, 6.07) is 7.96. The molecule has 1 atom stereocenters. The molecule has 0 aliphatic carbocycles. The summed E-state index contributed by atoms with van der Waals surface area (Å²) in [5, 5.41) is 13.8. The lowest BCUT2D eigenvalue weighted by atomic mass is 10.1. The molecule has 13 nitrogen and oxygen atoms in total. The Kier molecular flexibility index (Phi) is 8.10. The summed E-state index contributed by atoms with van der Waals surface area (Å²) < 4.78 is 17.0. The zero-order chi connectivity index (χ0) is 30.0. The minimum atomic E-state index is -0.531. The van der Waals surface area contributed by atoms with Gasteiger partial charge in [0.05, 0.1) is 30.4 Å². The number of aromatic amines is 1. The third kappa shape index (κ3) is 6.50. The molecule has 224 valence electrons. The maximum atomic E-state index is 12.8. The first-order valence-corrected chi connectivity index (χ1v) is 14.0. The largest absolute Gasteiger partial charge is 0.494 e. The fourth-order valence-electron chi connectivity index (χ4n) is 4.77. The number of hydrogen-bond donors (Lipinski definition) is 3. The van der Waals surface area contributed by atoms with Crippen LogP contribution in [-0.4, -0.2) is 83.7 Å². The van der Waals surface area contributed by atoms with E-state index in [1.54, 1.807) is 24.3 Å². The lowest BCUT2D eigenvalue weighted by Crippen LogP contribution is -2.50. The number of carbonyl (C=O) groups is 1. The minimum absolute atomic E-state index is 0.0677. The second kappa shape index (κ2) is 11.7. The van der Waals surface area contributed by atoms with Crippen LogP contribution < -0.4 is 25.8 Å². The molecule has 0 radical (unpaired) electrons. The Morgan fingerprint density at radius 1 is 1.14 bits per heavy atom. The van der Waals surface area contributed by atoms with Crippen LogP contribution in [0.15, 0.2) is 40.2 Å². The summed E-state index contributed by atoms with van der Waals surface area (Å²) in [6.45, 7) is 12.7. The molecule has 5 rings (SSSR count). The molecule has 13 heteroatoms. The van der Waals surface area contributed by atoms with Crippen molar-refractivity contribution >= 4 is 45.9 Å². The van der Waals surface area contributed by atoms with E-state index >= 15 is 0 Å². The number of methoxy groups -OCH3 is 1. The Balaban J connectivity index is 1.36. The van der Waals surface area contributed by atoms with E-state index < -0.39 is 5.60 Å². The summed E-state index contributed by atoms with van der Waals surface area (Å²) in [6.07, 6.45) is 1.27. The Labute approximate surface area is 244 Å². The van der Waals surface area contributed by atoms with Gasteiger partial charge in [0, 0.05) is 43.3 Å². The van der Waals surface area contributed by atoms with Crippen molar-refractivity contribution in [1.29, 1.82) is 0 Å². The molecule has 0 saturated carbocycles. The number of aliphatic imine (C=N–C) groups is 1. The van der Waals surface area contributed by atoms with Crippen LogP contribution in [0.25, 0.3) is 10.8 Å². The van der Waals surface area contributed by atoms with Crippen molar-refractivity contribution in [2.24, 2.45) is 10.9 Å². The predicted octanol–water partition coefficient (Wildman–Crippen LogP) is 3.95. The number of fused-ring (bicyclic) bond motifs is 1. The molecule has 1 aromatic carbocycles. The minimum Gasteiger partial charge on any atom is -0.494 e. The first-order valence-electron chi connectivity index (χ1n) is 14.0. The summed E-state index contributed by atoms with van der Waals surface area (Å²) in [5.74, 6) is 1.70. The second-order valence-electron chi connectivity index (χ2n) is 11.7. The zero-order valence-electron chi connectivity index (χ0n) is 24.9. The number of amidine groups is 1. The molecule has 1 amide bonds. The van der Waals surface area contributed by atoms with Crippen LogP contribution in [0.5, 0.6) is 5.75 Å². The van der Waals surface area contributed by atoms with Gasteiger partial charge in [0.2, 0.25) is 0 Å². The number of rotatable bonds is 6. The summed E-state index contributed by atoms with van der Waals surface area (Å²) in [4.78, 5) is 38.4. The van der Waals surface area contributed by atoms with Gasteiger partial charge >= 0.3 is 6.09 Å². The van der Waals surface area contributed by atoms with Crippen molar-refractivity contribution in [2.75, 3.05) is 55.4 Å². The standard InChI is InChI=1S/C29H38N8O5/c1-17(2)21-16-41-27(32-21)34-23-13-18-15-30-35-26(38)24(18)25(33-23)31-20-8-7-19(14-22(20)40-6)36-9-11-37(12-10-36)28(39)42-29(3,4)5/h7-8,13-15,17,21H,9-12,16H2,1-6H3,(H,35,38)(H2,31,32,33,34)/t21-/m0/s1. The zero-order valence-corrected chi connectivity index (χ0v) is 24.9. The summed E-state index contributed by atoms with van der Waals surface area (Å²) >= 11 is 0. The van der Waals surface area contributed by atoms with Crippen molar-refractivity contribution in [3.05, 3.63) is 40.8 Å². The molecule has 3 N–H and O–H groups in total. The van der Waals surface area contributed by atoms with Gasteiger partial charge in [-0.15, -0.1) is 0 Å². The Hall–Kier alpha value is -4.55. The highest BCUT2D eigenvalue weighted by Gasteiger charge is 2.27. The third-order valence-electron chi connectivity index (χ3n) is 7.06. The normalized spacial score (nSPS) is 17.2. The molecule has 0 spiro atoms. The molecule has 2 aromatic heterocycles. The average molecular weight is 579 g/mol. The lowest BCUT2D eigenvalue weighted by molar-refractivity contribution is 0.0240. The Morgan fingerprint density at radius 3 is 2.57 bits per heavy atom. The Morgan fingerprint density at radius 2 is 1.90 bits per heavy atom. The van der Waals surface area contributed by atoms with Gasteiger partial charge in [-0.2, -0.15) is 5.10 Å². The third-order valence-corrected chi connectivity index (χ3v) is 7.06. The number of hydrogen-bond acceptors (Lipinski definition) is 11. The van der Waals surface area contributed by atoms with Gasteiger partial charge in [0.15, 0.2) is 0 Å². The fourth-order valence-corrected chi connectivity index (χ4v) is 4.77. The number of aromatic nitrogens is 3. The monoisotopic (exact) mass is 578 g/mol. The number of piperazine rings is 1. The van der Waals surface area contributed by atoms with Crippen LogP contribution in [0.2, 0.25) is 0 Å². The van der Waals surface area contributed by atoms with E-state index in [1.165, 1.54) is 0 Å². The smallest absolute Gasteiger partial charge is 0.410 e. The van der Waals surface area contributed by atoms with Crippen LogP contribution in [0.3, 0.4) is 0 Å². The predicted molar refractivity (Wildman–Crippen MR) is 162 cm³/mol. The van der Waals surface area contributed by atoms with Crippen molar-refractivity contribution in [3.8, 4) is 5.75 Å². The molecule has 2 aliphatic rings. The van der Waals surface area contributed by atoms with Crippen LogP contribution >= 0.6 is 0 Å². The molecule has 0 bridgehead atoms. The van der Waals surface area contributed by atoms with Crippen LogP contribution in [-0.2, 0) is 9.47 Å². The van der Waals surface area contributed by atoms with Crippen molar-refractivity contribution in [2.45, 2.75) is 46.3 Å². The highest BCUT2D eigenvalue weighted by molar-refractivity contribution is 5.97. The number of ether oxygens (including phenoxy) is 3. The molecule has 42 heavy (non-hydrogen) atoms. The molecule has 1 saturated heterocycles. The fraction of sp³-hybridized carbons (Fsp3) is 0.483. The maximum Gasteiger partial charge on any atom is 0.410 e. The van der Waals surface area contributed by atoms with E-state index in [4.69, 9.17) is 14.2 Å². The molecule has 3 aromatic rings. The molecular formula is C29H38N8O5. The number of nitrogens with zero attached hydrogens (tertiary/aromatic N) is 5. The van der Waals surface area contributed by atoms with Gasteiger partial charge in [0.25, 0.3) is 11.6 Å². The van der Waals surface area contributed by atoms with Gasteiger partial charge < -0.3 is 29.3 Å². The van der Waals surface area contributed by atoms with E-state index in [9.17, 15) is 9.59 Å². The first-order chi connectivity index (χ1) is 20.0. The van der Waals surface area contributed by atoms with E-state index in [0.717, 1.165) is 5.69 Å². The molecular weight excluding hydrogens is 540 g/mol. The van der Waals surface area contributed by atoms with Crippen LogP contribution in [0.1, 0.15) is 34.6 Å². The molecule has 1 fully saturated rings. The van der Waals surface area contributed by atoms with Crippen LogP contribution in [0, 0.1) is 5.92 Å². The number of amides is 1. The SMILES string of the molecule is COc1cc(N2CCN(C(=O)OC(C)(C)C)CC2)ccc1Nc1nc(NC2=N[C@H](C(C)C)CO2)cc2cn[nH]c(=O)c12. The number of H-pyrrole nitrogens is 1. The molecule has 2 aliphatic heterocycles. The van der Waals surface area contributed by atoms with Crippen molar-refractivity contribution < 1.29 is 19.0 Å². The van der Waals surface area contributed by atoms with Gasteiger partial charge in [-0.3, -0.25) is 10.1 Å². The lowest BCUT2D eigenvalue weighted by Gasteiger charge is -2.37. The van der Waals surface area contributed by atoms with Gasteiger partial charge in [-0.1, -0.05) is 13.8 Å². The number of benzene rings is 1. The average Bonchev–Trinajstić information content (AvgIpc) is 3.41. The quantitative estimate of drug-likeness (QED) is 0.393. The number of nitrogens with one attached hydrogen (secondary N) is 3. The number of anilines is 4.